The molecule has 0 aromatic rings. The highest BCUT2D eigenvalue weighted by molar-refractivity contribution is 5.73. The largest absolute Gasteiger partial charge is 0.370 e. The van der Waals surface area contributed by atoms with Gasteiger partial charge in [-0.25, -0.2) is 0 Å². The standard InChI is InChI=1S/C7H15N3O/c8-7(11)2-4-10-6-1-3-9-5-6/h6,9-10H,1-5H2,(H2,8,11). The van der Waals surface area contributed by atoms with Crippen molar-refractivity contribution in [1.82, 2.24) is 10.6 Å². The minimum absolute atomic E-state index is 0.233. The number of nitrogens with two attached hydrogens (primary N) is 1. The molecule has 0 bridgehead atoms. The van der Waals surface area contributed by atoms with E-state index in [0.717, 1.165) is 19.5 Å². The maximum absolute atomic E-state index is 10.3. The summed E-state index contributed by atoms with van der Waals surface area (Å²) in [6, 6.07) is 0.536. The van der Waals surface area contributed by atoms with Crippen molar-refractivity contribution in [3.63, 3.8) is 0 Å². The van der Waals surface area contributed by atoms with E-state index in [9.17, 15) is 4.79 Å². The van der Waals surface area contributed by atoms with Crippen LogP contribution >= 0.6 is 0 Å². The van der Waals surface area contributed by atoms with Gasteiger partial charge in [-0.2, -0.15) is 0 Å². The molecule has 1 aliphatic rings. The van der Waals surface area contributed by atoms with Crippen molar-refractivity contribution in [3.8, 4) is 0 Å². The van der Waals surface area contributed by atoms with Crippen LogP contribution in [0.4, 0.5) is 0 Å². The Balaban J connectivity index is 1.98. The van der Waals surface area contributed by atoms with Crippen LogP contribution in [-0.2, 0) is 4.79 Å². The summed E-state index contributed by atoms with van der Waals surface area (Å²) in [6.45, 7) is 2.80. The molecule has 4 N–H and O–H groups in total. The number of amides is 1. The zero-order valence-corrected chi connectivity index (χ0v) is 6.60. The van der Waals surface area contributed by atoms with E-state index in [-0.39, 0.29) is 5.91 Å². The molecule has 4 nitrogen and oxygen atoms in total. The highest BCUT2D eigenvalue weighted by Gasteiger charge is 2.12. The Kier molecular flexibility index (Phi) is 3.32. The van der Waals surface area contributed by atoms with Crippen LogP contribution in [0.2, 0.25) is 0 Å². The highest BCUT2D eigenvalue weighted by atomic mass is 16.1. The summed E-state index contributed by atoms with van der Waals surface area (Å²) in [7, 11) is 0. The second-order valence-electron chi connectivity index (χ2n) is 2.86. The van der Waals surface area contributed by atoms with Gasteiger partial charge in [0, 0.05) is 25.6 Å². The number of primary amides is 1. The van der Waals surface area contributed by atoms with Crippen molar-refractivity contribution >= 4 is 5.91 Å². The third kappa shape index (κ3) is 3.34. The van der Waals surface area contributed by atoms with Crippen LogP contribution in [0.3, 0.4) is 0 Å². The molecule has 0 spiro atoms. The number of carbonyl (C=O) groups is 1. The average Bonchev–Trinajstić information content (AvgIpc) is 2.39. The minimum atomic E-state index is -0.233. The topological polar surface area (TPSA) is 67.2 Å². The third-order valence-electron chi connectivity index (χ3n) is 1.86. The van der Waals surface area contributed by atoms with Crippen molar-refractivity contribution in [2.45, 2.75) is 18.9 Å². The fourth-order valence-electron chi connectivity index (χ4n) is 1.23. The summed E-state index contributed by atoms with van der Waals surface area (Å²) >= 11 is 0. The molecule has 1 amide bonds. The molecule has 4 heteroatoms. The molecule has 0 aromatic heterocycles. The SMILES string of the molecule is NC(=O)CCNC1CCNC1. The van der Waals surface area contributed by atoms with Gasteiger partial charge in [-0.15, -0.1) is 0 Å². The van der Waals surface area contributed by atoms with Crippen molar-refractivity contribution in [1.29, 1.82) is 0 Å². The number of hydrogen-bond donors (Lipinski definition) is 3. The minimum Gasteiger partial charge on any atom is -0.370 e. The maximum atomic E-state index is 10.3. The van der Waals surface area contributed by atoms with Gasteiger partial charge >= 0.3 is 0 Å². The van der Waals surface area contributed by atoms with Gasteiger partial charge < -0.3 is 16.4 Å². The summed E-state index contributed by atoms with van der Waals surface area (Å²) in [5.41, 5.74) is 4.98. The number of rotatable bonds is 4. The highest BCUT2D eigenvalue weighted by Crippen LogP contribution is 1.95. The lowest BCUT2D eigenvalue weighted by Crippen LogP contribution is -2.33. The van der Waals surface area contributed by atoms with E-state index in [1.165, 1.54) is 0 Å². The predicted molar refractivity (Wildman–Crippen MR) is 43.1 cm³/mol. The molecule has 64 valence electrons. The second-order valence-corrected chi connectivity index (χ2v) is 2.86. The Morgan fingerprint density at radius 2 is 2.55 bits per heavy atom. The van der Waals surface area contributed by atoms with Gasteiger partial charge in [0.2, 0.25) is 5.91 Å². The summed E-state index contributed by atoms with van der Waals surface area (Å²) in [6.07, 6.45) is 1.59. The number of nitrogens with one attached hydrogen (secondary N) is 2. The first kappa shape index (κ1) is 8.49. The van der Waals surface area contributed by atoms with E-state index in [1.807, 2.05) is 0 Å². The molecule has 1 unspecified atom stereocenters. The van der Waals surface area contributed by atoms with Crippen LogP contribution in [0, 0.1) is 0 Å². The van der Waals surface area contributed by atoms with Crippen LogP contribution < -0.4 is 16.4 Å². The van der Waals surface area contributed by atoms with Gasteiger partial charge in [0.15, 0.2) is 0 Å². The molecular formula is C7H15N3O. The zero-order valence-electron chi connectivity index (χ0n) is 6.60. The van der Waals surface area contributed by atoms with Crippen LogP contribution in [0.15, 0.2) is 0 Å². The van der Waals surface area contributed by atoms with Crippen molar-refractivity contribution < 1.29 is 4.79 Å². The number of carbonyl (C=O) groups excluding carboxylic acids is 1. The quantitative estimate of drug-likeness (QED) is 0.481. The Morgan fingerprint density at radius 3 is 3.09 bits per heavy atom. The Bertz CT molecular complexity index is 132. The van der Waals surface area contributed by atoms with E-state index in [4.69, 9.17) is 5.73 Å². The number of hydrogen-bond acceptors (Lipinski definition) is 3. The Labute approximate surface area is 66.5 Å². The molecule has 1 atom stereocenters. The summed E-state index contributed by atoms with van der Waals surface area (Å²) in [5.74, 6) is -0.233. The summed E-state index contributed by atoms with van der Waals surface area (Å²) < 4.78 is 0. The lowest BCUT2D eigenvalue weighted by molar-refractivity contribution is -0.117. The van der Waals surface area contributed by atoms with Gasteiger partial charge in [0.1, 0.15) is 0 Å². The van der Waals surface area contributed by atoms with E-state index in [0.29, 0.717) is 19.0 Å². The lowest BCUT2D eigenvalue weighted by atomic mass is 10.2. The molecule has 11 heavy (non-hydrogen) atoms. The van der Waals surface area contributed by atoms with Crippen LogP contribution in [0.1, 0.15) is 12.8 Å². The van der Waals surface area contributed by atoms with Gasteiger partial charge in [0.25, 0.3) is 0 Å². The van der Waals surface area contributed by atoms with E-state index < -0.39 is 0 Å². The lowest BCUT2D eigenvalue weighted by Gasteiger charge is -2.08. The predicted octanol–water partition coefficient (Wildman–Crippen LogP) is -1.19. The molecule has 1 aliphatic heterocycles. The van der Waals surface area contributed by atoms with E-state index in [2.05, 4.69) is 10.6 Å². The first-order valence-corrected chi connectivity index (χ1v) is 4.01. The molecule has 1 saturated heterocycles. The van der Waals surface area contributed by atoms with Crippen molar-refractivity contribution in [3.05, 3.63) is 0 Å². The van der Waals surface area contributed by atoms with Crippen molar-refractivity contribution in [2.24, 2.45) is 5.73 Å². The van der Waals surface area contributed by atoms with Gasteiger partial charge in [-0.3, -0.25) is 4.79 Å². The Hall–Kier alpha value is -0.610. The van der Waals surface area contributed by atoms with Gasteiger partial charge in [-0.1, -0.05) is 0 Å². The first-order chi connectivity index (χ1) is 5.29. The van der Waals surface area contributed by atoms with Gasteiger partial charge in [-0.05, 0) is 13.0 Å². The molecule has 0 radical (unpaired) electrons. The molecule has 0 saturated carbocycles. The van der Waals surface area contributed by atoms with E-state index >= 15 is 0 Å². The maximum Gasteiger partial charge on any atom is 0.218 e. The monoisotopic (exact) mass is 157 g/mol. The van der Waals surface area contributed by atoms with Crippen LogP contribution in [0.25, 0.3) is 0 Å². The Morgan fingerprint density at radius 1 is 1.73 bits per heavy atom. The zero-order chi connectivity index (χ0) is 8.10. The molecule has 1 heterocycles. The second kappa shape index (κ2) is 4.31. The third-order valence-corrected chi connectivity index (χ3v) is 1.86. The molecule has 1 rings (SSSR count). The van der Waals surface area contributed by atoms with Crippen molar-refractivity contribution in [2.75, 3.05) is 19.6 Å². The normalized spacial score (nSPS) is 23.8. The molecular weight excluding hydrogens is 142 g/mol. The average molecular weight is 157 g/mol. The fourth-order valence-corrected chi connectivity index (χ4v) is 1.23. The summed E-state index contributed by atoms with van der Waals surface area (Å²) in [4.78, 5) is 10.3. The van der Waals surface area contributed by atoms with Gasteiger partial charge in [0.05, 0.1) is 0 Å². The fraction of sp³-hybridized carbons (Fsp3) is 0.857. The molecule has 0 aliphatic carbocycles. The summed E-state index contributed by atoms with van der Waals surface area (Å²) in [5, 5.41) is 6.48. The van der Waals surface area contributed by atoms with Crippen LogP contribution in [0.5, 0.6) is 0 Å². The smallest absolute Gasteiger partial charge is 0.218 e. The first-order valence-electron chi connectivity index (χ1n) is 4.01. The van der Waals surface area contributed by atoms with Crippen LogP contribution in [-0.4, -0.2) is 31.6 Å². The molecule has 0 aromatic carbocycles. The molecule has 1 fully saturated rings. The van der Waals surface area contributed by atoms with E-state index in [1.54, 1.807) is 0 Å².